The lowest BCUT2D eigenvalue weighted by Gasteiger charge is -2.42. The smallest absolute Gasteiger partial charge is 0.0520 e. The minimum atomic E-state index is 0.0620. The zero-order chi connectivity index (χ0) is 13.0. The lowest BCUT2D eigenvalue weighted by molar-refractivity contribution is 0.184. The number of piperidine rings is 1. The molecule has 0 bridgehead atoms. The Kier molecular flexibility index (Phi) is 4.65. The summed E-state index contributed by atoms with van der Waals surface area (Å²) in [5.74, 6) is 0. The van der Waals surface area contributed by atoms with Crippen LogP contribution in [-0.4, -0.2) is 36.6 Å². The van der Waals surface area contributed by atoms with E-state index in [2.05, 4.69) is 51.3 Å². The first kappa shape index (κ1) is 13.8. The van der Waals surface area contributed by atoms with Gasteiger partial charge in [-0.2, -0.15) is 0 Å². The van der Waals surface area contributed by atoms with Gasteiger partial charge >= 0.3 is 0 Å². The summed E-state index contributed by atoms with van der Waals surface area (Å²) >= 11 is 3.51. The summed E-state index contributed by atoms with van der Waals surface area (Å²) in [4.78, 5) is 2.48. The van der Waals surface area contributed by atoms with E-state index in [0.29, 0.717) is 6.54 Å². The number of nitrogens with one attached hydrogen (secondary N) is 1. The van der Waals surface area contributed by atoms with Gasteiger partial charge in [0.2, 0.25) is 0 Å². The molecule has 0 unspecified atom stereocenters. The van der Waals surface area contributed by atoms with Gasteiger partial charge < -0.3 is 16.0 Å². The second-order valence-electron chi connectivity index (χ2n) is 5.05. The fraction of sp³-hybridized carbons (Fsp3) is 0.571. The first-order valence-electron chi connectivity index (χ1n) is 6.64. The Balaban J connectivity index is 2.05. The van der Waals surface area contributed by atoms with Crippen molar-refractivity contribution in [3.8, 4) is 0 Å². The van der Waals surface area contributed by atoms with E-state index in [-0.39, 0.29) is 5.54 Å². The van der Waals surface area contributed by atoms with Crippen molar-refractivity contribution in [2.24, 2.45) is 5.73 Å². The number of anilines is 1. The minimum absolute atomic E-state index is 0.0620. The molecule has 0 saturated carbocycles. The molecule has 18 heavy (non-hydrogen) atoms. The zero-order valence-corrected chi connectivity index (χ0v) is 12.5. The first-order chi connectivity index (χ1) is 8.67. The van der Waals surface area contributed by atoms with Crippen molar-refractivity contribution in [3.05, 3.63) is 28.7 Å². The number of halogens is 1. The van der Waals surface area contributed by atoms with Gasteiger partial charge in [-0.1, -0.05) is 28.9 Å². The number of nitrogens with two attached hydrogens (primary N) is 1. The predicted octanol–water partition coefficient (Wildman–Crippen LogP) is 2.67. The van der Waals surface area contributed by atoms with E-state index in [1.807, 2.05) is 6.07 Å². The average molecular weight is 312 g/mol. The van der Waals surface area contributed by atoms with E-state index in [1.54, 1.807) is 0 Å². The Morgan fingerprint density at radius 3 is 2.67 bits per heavy atom. The van der Waals surface area contributed by atoms with Crippen LogP contribution >= 0.6 is 15.9 Å². The number of benzene rings is 1. The Hall–Kier alpha value is -0.580. The van der Waals surface area contributed by atoms with Gasteiger partial charge in [0.05, 0.1) is 5.54 Å². The molecule has 0 radical (unpaired) electrons. The number of hydrogen-bond acceptors (Lipinski definition) is 3. The van der Waals surface area contributed by atoms with Gasteiger partial charge in [0.15, 0.2) is 0 Å². The maximum Gasteiger partial charge on any atom is 0.0520 e. The van der Waals surface area contributed by atoms with E-state index in [4.69, 9.17) is 5.73 Å². The first-order valence-corrected chi connectivity index (χ1v) is 7.43. The molecule has 1 aromatic carbocycles. The molecule has 0 aliphatic carbocycles. The van der Waals surface area contributed by atoms with Gasteiger partial charge in [-0.25, -0.2) is 0 Å². The van der Waals surface area contributed by atoms with Crippen LogP contribution in [0.2, 0.25) is 0 Å². The number of likely N-dealkylation sites (tertiary alicyclic amines) is 1. The molecule has 4 heteroatoms. The third kappa shape index (κ3) is 3.25. The van der Waals surface area contributed by atoms with Crippen LogP contribution in [0, 0.1) is 0 Å². The van der Waals surface area contributed by atoms with Crippen LogP contribution in [0.15, 0.2) is 28.7 Å². The lowest BCUT2D eigenvalue weighted by Crippen LogP contribution is -2.53. The second kappa shape index (κ2) is 6.04. The number of hydrogen-bond donors (Lipinski definition) is 2. The highest BCUT2D eigenvalue weighted by atomic mass is 79.9. The van der Waals surface area contributed by atoms with Crippen LogP contribution in [0.25, 0.3) is 0 Å². The van der Waals surface area contributed by atoms with Gasteiger partial charge in [-0.05, 0) is 37.6 Å². The molecular weight excluding hydrogens is 290 g/mol. The Morgan fingerprint density at radius 1 is 1.39 bits per heavy atom. The standard InChI is InChI=1S/C14H22BrN3/c1-2-18-8-6-14(11-16,7-9-18)17-13-5-3-4-12(15)10-13/h3-5,10,17H,2,6-9,11,16H2,1H3. The van der Waals surface area contributed by atoms with Gasteiger partial charge in [0.1, 0.15) is 0 Å². The van der Waals surface area contributed by atoms with Crippen molar-refractivity contribution in [1.29, 1.82) is 0 Å². The zero-order valence-electron chi connectivity index (χ0n) is 11.0. The van der Waals surface area contributed by atoms with E-state index in [0.717, 1.165) is 42.6 Å². The predicted molar refractivity (Wildman–Crippen MR) is 80.9 cm³/mol. The quantitative estimate of drug-likeness (QED) is 0.898. The topological polar surface area (TPSA) is 41.3 Å². The largest absolute Gasteiger partial charge is 0.378 e. The van der Waals surface area contributed by atoms with E-state index in [1.165, 1.54) is 0 Å². The fourth-order valence-electron chi connectivity index (χ4n) is 2.55. The van der Waals surface area contributed by atoms with Crippen molar-refractivity contribution in [2.45, 2.75) is 25.3 Å². The van der Waals surface area contributed by atoms with Crippen LogP contribution in [0.4, 0.5) is 5.69 Å². The second-order valence-corrected chi connectivity index (χ2v) is 5.97. The molecule has 1 aliphatic rings. The number of rotatable bonds is 4. The van der Waals surface area contributed by atoms with Gasteiger partial charge in [0, 0.05) is 29.8 Å². The third-order valence-corrected chi connectivity index (χ3v) is 4.38. The highest BCUT2D eigenvalue weighted by Gasteiger charge is 2.32. The molecular formula is C14H22BrN3. The molecule has 3 N–H and O–H groups in total. The monoisotopic (exact) mass is 311 g/mol. The SMILES string of the molecule is CCN1CCC(CN)(Nc2cccc(Br)c2)CC1. The Morgan fingerprint density at radius 2 is 2.11 bits per heavy atom. The van der Waals surface area contributed by atoms with Crippen LogP contribution in [0.5, 0.6) is 0 Å². The Labute approximate surface area is 118 Å². The van der Waals surface area contributed by atoms with E-state index < -0.39 is 0 Å². The van der Waals surface area contributed by atoms with Crippen LogP contribution < -0.4 is 11.1 Å². The van der Waals surface area contributed by atoms with Crippen LogP contribution in [-0.2, 0) is 0 Å². The molecule has 0 aromatic heterocycles. The van der Waals surface area contributed by atoms with Gasteiger partial charge in [0.25, 0.3) is 0 Å². The molecule has 1 aliphatic heterocycles. The van der Waals surface area contributed by atoms with Crippen molar-refractivity contribution in [1.82, 2.24) is 4.90 Å². The minimum Gasteiger partial charge on any atom is -0.378 e. The van der Waals surface area contributed by atoms with Crippen LogP contribution in [0.3, 0.4) is 0 Å². The van der Waals surface area contributed by atoms with Crippen molar-refractivity contribution in [3.63, 3.8) is 0 Å². The molecule has 100 valence electrons. The lowest BCUT2D eigenvalue weighted by atomic mass is 9.87. The van der Waals surface area contributed by atoms with Crippen LogP contribution in [0.1, 0.15) is 19.8 Å². The molecule has 2 rings (SSSR count). The summed E-state index contributed by atoms with van der Waals surface area (Å²) in [7, 11) is 0. The summed E-state index contributed by atoms with van der Waals surface area (Å²) in [6.45, 7) is 6.31. The molecule has 0 atom stereocenters. The molecule has 0 spiro atoms. The summed E-state index contributed by atoms with van der Waals surface area (Å²) in [6.07, 6.45) is 2.23. The molecule has 1 fully saturated rings. The van der Waals surface area contributed by atoms with Crippen molar-refractivity contribution in [2.75, 3.05) is 31.5 Å². The molecule has 1 aromatic rings. The fourth-order valence-corrected chi connectivity index (χ4v) is 2.95. The highest BCUT2D eigenvalue weighted by molar-refractivity contribution is 9.10. The molecule has 1 saturated heterocycles. The average Bonchev–Trinajstić information content (AvgIpc) is 2.39. The maximum absolute atomic E-state index is 6.02. The van der Waals surface area contributed by atoms with Crippen molar-refractivity contribution >= 4 is 21.6 Å². The molecule has 3 nitrogen and oxygen atoms in total. The maximum atomic E-state index is 6.02. The summed E-state index contributed by atoms with van der Waals surface area (Å²) in [5.41, 5.74) is 7.23. The Bertz CT molecular complexity index is 386. The third-order valence-electron chi connectivity index (χ3n) is 3.89. The summed E-state index contributed by atoms with van der Waals surface area (Å²) in [6, 6.07) is 8.32. The molecule has 1 heterocycles. The van der Waals surface area contributed by atoms with Gasteiger partial charge in [-0.3, -0.25) is 0 Å². The normalized spacial score (nSPS) is 19.7. The van der Waals surface area contributed by atoms with E-state index >= 15 is 0 Å². The van der Waals surface area contributed by atoms with E-state index in [9.17, 15) is 0 Å². The summed E-state index contributed by atoms with van der Waals surface area (Å²) < 4.78 is 1.10. The number of nitrogens with zero attached hydrogens (tertiary/aromatic N) is 1. The molecule has 0 amide bonds. The summed E-state index contributed by atoms with van der Waals surface area (Å²) in [5, 5.41) is 3.65. The van der Waals surface area contributed by atoms with Crippen molar-refractivity contribution < 1.29 is 0 Å². The van der Waals surface area contributed by atoms with Gasteiger partial charge in [-0.15, -0.1) is 0 Å². The highest BCUT2D eigenvalue weighted by Crippen LogP contribution is 2.27.